The molecule has 0 spiro atoms. The molecule has 19 heavy (non-hydrogen) atoms. The summed E-state index contributed by atoms with van der Waals surface area (Å²) in [4.78, 5) is 25.3. The molecule has 2 N–H and O–H groups in total. The number of carbonyl (C=O) groups excluding carboxylic acids is 1. The monoisotopic (exact) mass is 268 g/mol. The molecule has 1 aliphatic heterocycles. The van der Waals surface area contributed by atoms with E-state index >= 15 is 0 Å². The lowest BCUT2D eigenvalue weighted by molar-refractivity contribution is -0.141. The Bertz CT molecular complexity index is 346. The van der Waals surface area contributed by atoms with Gasteiger partial charge in [-0.05, 0) is 44.7 Å². The van der Waals surface area contributed by atoms with Gasteiger partial charge in [0.15, 0.2) is 0 Å². The molecule has 1 saturated carbocycles. The van der Waals surface area contributed by atoms with Crippen molar-refractivity contribution in [2.45, 2.75) is 32.6 Å². The molecule has 0 aromatic heterocycles. The molecule has 2 fully saturated rings. The lowest BCUT2D eigenvalue weighted by Gasteiger charge is -2.15. The Kier molecular flexibility index (Phi) is 4.80. The van der Waals surface area contributed by atoms with Crippen LogP contribution < -0.4 is 5.32 Å². The highest BCUT2D eigenvalue weighted by Gasteiger charge is 2.34. The zero-order chi connectivity index (χ0) is 13.8. The van der Waals surface area contributed by atoms with E-state index in [9.17, 15) is 9.59 Å². The van der Waals surface area contributed by atoms with Crippen LogP contribution in [0.4, 0.5) is 0 Å². The van der Waals surface area contributed by atoms with E-state index in [1.165, 1.54) is 0 Å². The minimum absolute atomic E-state index is 0.0544. The number of hydrogen-bond donors (Lipinski definition) is 2. The highest BCUT2D eigenvalue weighted by atomic mass is 16.4. The summed E-state index contributed by atoms with van der Waals surface area (Å²) >= 11 is 0. The standard InChI is InChI=1S/C14H24N2O3/c1-2-16-6-5-10(9-16)8-15-13(17)11-3-4-12(7-11)14(18)19/h10-12H,2-9H2,1H3,(H,15,17)(H,18,19)/t10?,11-,12+/m1/s1. The van der Waals surface area contributed by atoms with Crippen LogP contribution in [0.25, 0.3) is 0 Å². The first-order valence-electron chi connectivity index (χ1n) is 7.33. The minimum atomic E-state index is -0.760. The van der Waals surface area contributed by atoms with Gasteiger partial charge in [0.1, 0.15) is 0 Å². The van der Waals surface area contributed by atoms with Crippen molar-refractivity contribution in [2.24, 2.45) is 17.8 Å². The van der Waals surface area contributed by atoms with Crippen molar-refractivity contribution >= 4 is 11.9 Å². The summed E-state index contributed by atoms with van der Waals surface area (Å²) in [6.07, 6.45) is 3.01. The van der Waals surface area contributed by atoms with E-state index < -0.39 is 5.97 Å². The summed E-state index contributed by atoms with van der Waals surface area (Å²) in [7, 11) is 0. The number of carboxylic acid groups (broad SMARTS) is 1. The summed E-state index contributed by atoms with van der Waals surface area (Å²) in [6.45, 7) is 6.17. The van der Waals surface area contributed by atoms with E-state index in [2.05, 4.69) is 17.1 Å². The van der Waals surface area contributed by atoms with E-state index in [0.29, 0.717) is 25.2 Å². The minimum Gasteiger partial charge on any atom is -0.481 e. The third kappa shape index (κ3) is 3.69. The molecular formula is C14H24N2O3. The van der Waals surface area contributed by atoms with Gasteiger partial charge in [-0.25, -0.2) is 0 Å². The number of likely N-dealkylation sites (tertiary alicyclic amines) is 1. The fourth-order valence-corrected chi connectivity index (χ4v) is 3.20. The summed E-state index contributed by atoms with van der Waals surface area (Å²) in [5, 5.41) is 11.9. The number of nitrogens with one attached hydrogen (secondary N) is 1. The second kappa shape index (κ2) is 6.37. The molecule has 0 aromatic rings. The predicted octanol–water partition coefficient (Wildman–Crippen LogP) is 0.945. The predicted molar refractivity (Wildman–Crippen MR) is 71.7 cm³/mol. The maximum absolute atomic E-state index is 12.0. The first-order valence-corrected chi connectivity index (χ1v) is 7.33. The van der Waals surface area contributed by atoms with Crippen molar-refractivity contribution in [1.29, 1.82) is 0 Å². The van der Waals surface area contributed by atoms with Gasteiger partial charge in [-0.15, -0.1) is 0 Å². The Morgan fingerprint density at radius 2 is 2.00 bits per heavy atom. The quantitative estimate of drug-likeness (QED) is 0.779. The molecule has 2 aliphatic rings. The molecule has 0 radical (unpaired) electrons. The number of carboxylic acids is 1. The van der Waals surface area contributed by atoms with Crippen LogP contribution in [0.1, 0.15) is 32.6 Å². The first-order chi connectivity index (χ1) is 9.10. The maximum Gasteiger partial charge on any atom is 0.306 e. The van der Waals surface area contributed by atoms with Gasteiger partial charge in [-0.2, -0.15) is 0 Å². The molecule has 0 aromatic carbocycles. The number of aliphatic carboxylic acids is 1. The number of rotatable bonds is 5. The Morgan fingerprint density at radius 1 is 1.26 bits per heavy atom. The van der Waals surface area contributed by atoms with Gasteiger partial charge in [0.05, 0.1) is 5.92 Å². The van der Waals surface area contributed by atoms with Gasteiger partial charge in [0.2, 0.25) is 5.91 Å². The van der Waals surface area contributed by atoms with E-state index in [1.54, 1.807) is 0 Å². The Balaban J connectivity index is 1.69. The van der Waals surface area contributed by atoms with Gasteiger partial charge in [0.25, 0.3) is 0 Å². The molecule has 108 valence electrons. The second-order valence-corrected chi connectivity index (χ2v) is 5.84. The maximum atomic E-state index is 12.0. The fourth-order valence-electron chi connectivity index (χ4n) is 3.20. The van der Waals surface area contributed by atoms with Gasteiger partial charge in [-0.1, -0.05) is 6.92 Å². The molecule has 1 saturated heterocycles. The van der Waals surface area contributed by atoms with Crippen molar-refractivity contribution in [1.82, 2.24) is 10.2 Å². The molecule has 2 rings (SSSR count). The molecule has 0 bridgehead atoms. The third-order valence-electron chi connectivity index (χ3n) is 4.53. The first kappa shape index (κ1) is 14.3. The van der Waals surface area contributed by atoms with E-state index in [4.69, 9.17) is 5.11 Å². The molecular weight excluding hydrogens is 244 g/mol. The van der Waals surface area contributed by atoms with E-state index in [0.717, 1.165) is 32.6 Å². The largest absolute Gasteiger partial charge is 0.481 e. The Morgan fingerprint density at radius 3 is 2.58 bits per heavy atom. The highest BCUT2D eigenvalue weighted by Crippen LogP contribution is 2.31. The van der Waals surface area contributed by atoms with Crippen LogP contribution >= 0.6 is 0 Å². The normalized spacial score (nSPS) is 31.5. The van der Waals surface area contributed by atoms with E-state index in [-0.39, 0.29) is 17.7 Å². The third-order valence-corrected chi connectivity index (χ3v) is 4.53. The number of nitrogens with zero attached hydrogens (tertiary/aromatic N) is 1. The van der Waals surface area contributed by atoms with Crippen LogP contribution in [0.5, 0.6) is 0 Å². The van der Waals surface area contributed by atoms with E-state index in [1.807, 2.05) is 0 Å². The summed E-state index contributed by atoms with van der Waals surface area (Å²) < 4.78 is 0. The summed E-state index contributed by atoms with van der Waals surface area (Å²) in [5.41, 5.74) is 0. The summed E-state index contributed by atoms with van der Waals surface area (Å²) in [5.74, 6) is -0.563. The Hall–Kier alpha value is -1.10. The van der Waals surface area contributed by atoms with Crippen molar-refractivity contribution in [2.75, 3.05) is 26.2 Å². The average Bonchev–Trinajstić information content (AvgIpc) is 3.04. The number of carbonyl (C=O) groups is 2. The molecule has 1 unspecified atom stereocenters. The fraction of sp³-hybridized carbons (Fsp3) is 0.857. The van der Waals surface area contributed by atoms with Crippen molar-refractivity contribution in [3.8, 4) is 0 Å². The number of hydrogen-bond acceptors (Lipinski definition) is 3. The van der Waals surface area contributed by atoms with Gasteiger partial charge < -0.3 is 15.3 Å². The lowest BCUT2D eigenvalue weighted by Crippen LogP contribution is -2.34. The van der Waals surface area contributed by atoms with Crippen LogP contribution in [-0.4, -0.2) is 48.1 Å². The average molecular weight is 268 g/mol. The molecule has 3 atom stereocenters. The van der Waals surface area contributed by atoms with Crippen LogP contribution in [0.15, 0.2) is 0 Å². The topological polar surface area (TPSA) is 69.6 Å². The van der Waals surface area contributed by atoms with Crippen molar-refractivity contribution in [3.05, 3.63) is 0 Å². The van der Waals surface area contributed by atoms with Crippen LogP contribution in [0, 0.1) is 17.8 Å². The van der Waals surface area contributed by atoms with Gasteiger partial charge in [0, 0.05) is 19.0 Å². The van der Waals surface area contributed by atoms with Crippen LogP contribution in [0.2, 0.25) is 0 Å². The van der Waals surface area contributed by atoms with Gasteiger partial charge in [-0.3, -0.25) is 9.59 Å². The van der Waals surface area contributed by atoms with Crippen molar-refractivity contribution < 1.29 is 14.7 Å². The van der Waals surface area contributed by atoms with Crippen LogP contribution in [0.3, 0.4) is 0 Å². The van der Waals surface area contributed by atoms with Crippen LogP contribution in [-0.2, 0) is 9.59 Å². The summed E-state index contributed by atoms with van der Waals surface area (Å²) in [6, 6.07) is 0. The zero-order valence-electron chi connectivity index (χ0n) is 11.6. The molecule has 5 nitrogen and oxygen atoms in total. The van der Waals surface area contributed by atoms with Crippen molar-refractivity contribution in [3.63, 3.8) is 0 Å². The number of amides is 1. The van der Waals surface area contributed by atoms with Gasteiger partial charge >= 0.3 is 5.97 Å². The highest BCUT2D eigenvalue weighted by molar-refractivity contribution is 5.80. The molecule has 1 amide bonds. The Labute approximate surface area is 114 Å². The lowest BCUT2D eigenvalue weighted by atomic mass is 10.0. The smallest absolute Gasteiger partial charge is 0.306 e. The molecule has 1 aliphatic carbocycles. The molecule has 1 heterocycles. The SMILES string of the molecule is CCN1CCC(CNC(=O)[C@@H]2CC[C@H](C(=O)O)C2)C1. The zero-order valence-corrected chi connectivity index (χ0v) is 11.6. The molecule has 5 heteroatoms. The second-order valence-electron chi connectivity index (χ2n) is 5.84.